The van der Waals surface area contributed by atoms with Crippen LogP contribution in [0.2, 0.25) is 0 Å². The normalized spacial score (nSPS) is 10.1. The number of benzene rings is 1. The second kappa shape index (κ2) is 4.82. The van der Waals surface area contributed by atoms with E-state index in [2.05, 4.69) is 28.6 Å². The summed E-state index contributed by atoms with van der Waals surface area (Å²) in [6, 6.07) is 5.60. The molecule has 1 rings (SSSR count). The smallest absolute Gasteiger partial charge is 0.162 e. The topological polar surface area (TPSA) is 17.1 Å². The van der Waals surface area contributed by atoms with Crippen molar-refractivity contribution in [1.29, 1.82) is 0 Å². The molecule has 0 aromatic heterocycles. The second-order valence-electron chi connectivity index (χ2n) is 2.75. The molecule has 1 aromatic carbocycles. The van der Waals surface area contributed by atoms with E-state index in [1.807, 2.05) is 25.1 Å². The minimum atomic E-state index is 0.163. The van der Waals surface area contributed by atoms with Gasteiger partial charge >= 0.3 is 0 Å². The van der Waals surface area contributed by atoms with Gasteiger partial charge in [-0.2, -0.15) is 0 Å². The molecule has 70 valence electrons. The molecule has 0 amide bonds. The monoisotopic (exact) mass is 258 g/mol. The van der Waals surface area contributed by atoms with Crippen LogP contribution in [0.1, 0.15) is 29.3 Å². The molecular weight excluding hydrogens is 248 g/mol. The van der Waals surface area contributed by atoms with E-state index in [1.54, 1.807) is 0 Å². The van der Waals surface area contributed by atoms with E-state index in [9.17, 15) is 4.79 Å². The lowest BCUT2D eigenvalue weighted by molar-refractivity contribution is 0.0988. The number of halogens is 1. The van der Waals surface area contributed by atoms with Gasteiger partial charge in [0.25, 0.3) is 0 Å². The maximum atomic E-state index is 11.3. The molecule has 0 heterocycles. The molecule has 0 saturated heterocycles. The first-order valence-electron chi connectivity index (χ1n) is 4.10. The summed E-state index contributed by atoms with van der Waals surface area (Å²) in [7, 11) is 0. The van der Waals surface area contributed by atoms with Crippen LogP contribution < -0.4 is 0 Å². The minimum absolute atomic E-state index is 0.163. The largest absolute Gasteiger partial charge is 0.294 e. The molecule has 0 saturated carbocycles. The van der Waals surface area contributed by atoms with Crippen molar-refractivity contribution in [2.75, 3.05) is 0 Å². The maximum absolute atomic E-state index is 11.3. The Labute approximate surface area is 92.1 Å². The van der Waals surface area contributed by atoms with Gasteiger partial charge < -0.3 is 0 Å². The number of rotatable bonds is 3. The summed E-state index contributed by atoms with van der Waals surface area (Å²) in [5.74, 6) is 0.163. The molecule has 0 aliphatic rings. The lowest BCUT2D eigenvalue weighted by atomic mass is 10.1. The van der Waals surface area contributed by atoms with E-state index in [-0.39, 0.29) is 5.78 Å². The third-order valence-electron chi connectivity index (χ3n) is 1.87. The number of carbonyl (C=O) groups excluding carboxylic acids is 1. The summed E-state index contributed by atoms with van der Waals surface area (Å²) in [6.07, 6.45) is 0.543. The van der Waals surface area contributed by atoms with Crippen molar-refractivity contribution in [3.8, 4) is 0 Å². The Kier molecular flexibility index (Phi) is 4.00. The van der Waals surface area contributed by atoms with Gasteiger partial charge in [0.2, 0.25) is 0 Å². The zero-order chi connectivity index (χ0) is 9.84. The molecule has 0 aliphatic heterocycles. The first-order chi connectivity index (χ1) is 6.19. The Morgan fingerprint density at radius 1 is 1.54 bits per heavy atom. The molecule has 0 N–H and O–H groups in total. The molecule has 0 bridgehead atoms. The summed E-state index contributed by atoms with van der Waals surface area (Å²) in [5.41, 5.74) is 1.85. The number of Topliss-reactive ketones (excluding diaryl/α,β-unsaturated/α-hetero) is 1. The zero-order valence-corrected chi connectivity index (χ0v) is 9.86. The number of ketones is 1. The van der Waals surface area contributed by atoms with E-state index in [4.69, 9.17) is 0 Å². The fourth-order valence-electron chi connectivity index (χ4n) is 1.05. The Morgan fingerprint density at radius 3 is 2.69 bits per heavy atom. The van der Waals surface area contributed by atoms with Crippen LogP contribution in [-0.2, 0) is 5.33 Å². The van der Waals surface area contributed by atoms with E-state index in [1.165, 1.54) is 0 Å². The van der Waals surface area contributed by atoms with Crippen molar-refractivity contribution in [2.45, 2.75) is 23.6 Å². The quantitative estimate of drug-likeness (QED) is 0.499. The van der Waals surface area contributed by atoms with Gasteiger partial charge in [0.05, 0.1) is 0 Å². The Balaban J connectivity index is 3.02. The molecule has 3 heteroatoms. The third kappa shape index (κ3) is 2.58. The first kappa shape index (κ1) is 10.8. The van der Waals surface area contributed by atoms with Crippen LogP contribution in [-0.4, -0.2) is 5.78 Å². The van der Waals surface area contributed by atoms with Crippen LogP contribution in [0.4, 0.5) is 0 Å². The summed E-state index contributed by atoms with van der Waals surface area (Å²) >= 11 is 7.65. The highest BCUT2D eigenvalue weighted by Crippen LogP contribution is 2.19. The van der Waals surface area contributed by atoms with Gasteiger partial charge in [0, 0.05) is 22.2 Å². The van der Waals surface area contributed by atoms with Crippen molar-refractivity contribution in [2.24, 2.45) is 0 Å². The number of hydrogen-bond donors (Lipinski definition) is 1. The second-order valence-corrected chi connectivity index (χ2v) is 3.80. The average molecular weight is 259 g/mol. The Hall–Kier alpha value is -0.280. The SMILES string of the molecule is CCC(=O)c1ccc(CBr)c(S)c1. The minimum Gasteiger partial charge on any atom is -0.294 e. The van der Waals surface area contributed by atoms with Gasteiger partial charge in [-0.15, -0.1) is 12.6 Å². The zero-order valence-electron chi connectivity index (χ0n) is 7.38. The molecule has 13 heavy (non-hydrogen) atoms. The maximum Gasteiger partial charge on any atom is 0.162 e. The van der Waals surface area contributed by atoms with Crippen molar-refractivity contribution < 1.29 is 4.79 Å². The third-order valence-corrected chi connectivity index (χ3v) is 2.89. The highest BCUT2D eigenvalue weighted by Gasteiger charge is 2.05. The van der Waals surface area contributed by atoms with Gasteiger partial charge in [-0.05, 0) is 11.6 Å². The predicted octanol–water partition coefficient (Wildman–Crippen LogP) is 3.46. The standard InChI is InChI=1S/C10H11BrOS/c1-2-9(12)7-3-4-8(6-11)10(13)5-7/h3-5,13H,2,6H2,1H3. The summed E-state index contributed by atoms with van der Waals surface area (Å²) in [4.78, 5) is 12.2. The van der Waals surface area contributed by atoms with Gasteiger partial charge in [-0.25, -0.2) is 0 Å². The first-order valence-corrected chi connectivity index (χ1v) is 5.67. The molecule has 0 fully saturated rings. The lowest BCUT2D eigenvalue weighted by Crippen LogP contribution is -1.97. The highest BCUT2D eigenvalue weighted by molar-refractivity contribution is 9.08. The van der Waals surface area contributed by atoms with E-state index < -0.39 is 0 Å². The highest BCUT2D eigenvalue weighted by atomic mass is 79.9. The molecule has 0 atom stereocenters. The average Bonchev–Trinajstić information content (AvgIpc) is 2.16. The molecule has 0 spiro atoms. The van der Waals surface area contributed by atoms with Crippen molar-refractivity contribution in [3.63, 3.8) is 0 Å². The van der Waals surface area contributed by atoms with Gasteiger partial charge in [-0.3, -0.25) is 4.79 Å². The molecule has 0 aliphatic carbocycles. The molecule has 0 radical (unpaired) electrons. The van der Waals surface area contributed by atoms with Crippen LogP contribution in [0.3, 0.4) is 0 Å². The van der Waals surface area contributed by atoms with Crippen LogP contribution in [0.25, 0.3) is 0 Å². The fraction of sp³-hybridized carbons (Fsp3) is 0.300. The van der Waals surface area contributed by atoms with Crippen molar-refractivity contribution >= 4 is 34.3 Å². The fourth-order valence-corrected chi connectivity index (χ4v) is 2.05. The van der Waals surface area contributed by atoms with Crippen molar-refractivity contribution in [3.05, 3.63) is 29.3 Å². The number of carbonyl (C=O) groups is 1. The Morgan fingerprint density at radius 2 is 2.23 bits per heavy atom. The van der Waals surface area contributed by atoms with Gasteiger partial charge in [0.1, 0.15) is 0 Å². The van der Waals surface area contributed by atoms with Gasteiger partial charge in [-0.1, -0.05) is 35.0 Å². The molecule has 1 aromatic rings. The predicted molar refractivity (Wildman–Crippen MR) is 60.9 cm³/mol. The van der Waals surface area contributed by atoms with E-state index in [0.717, 1.165) is 21.4 Å². The molecular formula is C10H11BrOS. The summed E-state index contributed by atoms with van der Waals surface area (Å²) in [6.45, 7) is 1.86. The summed E-state index contributed by atoms with van der Waals surface area (Å²) < 4.78 is 0. The lowest BCUT2D eigenvalue weighted by Gasteiger charge is -2.03. The Bertz CT molecular complexity index is 323. The van der Waals surface area contributed by atoms with Crippen LogP contribution in [0, 0.1) is 0 Å². The van der Waals surface area contributed by atoms with E-state index in [0.29, 0.717) is 6.42 Å². The van der Waals surface area contributed by atoms with Gasteiger partial charge in [0.15, 0.2) is 5.78 Å². The number of hydrogen-bond acceptors (Lipinski definition) is 2. The molecule has 0 unspecified atom stereocenters. The van der Waals surface area contributed by atoms with Crippen molar-refractivity contribution in [1.82, 2.24) is 0 Å². The van der Waals surface area contributed by atoms with Crippen LogP contribution in [0.15, 0.2) is 23.1 Å². The number of alkyl halides is 1. The molecule has 1 nitrogen and oxygen atoms in total. The van der Waals surface area contributed by atoms with Crippen LogP contribution >= 0.6 is 28.6 Å². The number of thiol groups is 1. The summed E-state index contributed by atoms with van der Waals surface area (Å²) in [5, 5.41) is 0.770. The van der Waals surface area contributed by atoms with E-state index >= 15 is 0 Å². The van der Waals surface area contributed by atoms with Crippen LogP contribution in [0.5, 0.6) is 0 Å².